The Kier molecular flexibility index (Phi) is 9.90. The molecule has 7 heteroatoms. The van der Waals surface area contributed by atoms with Gasteiger partial charge in [-0.2, -0.15) is 0 Å². The van der Waals surface area contributed by atoms with E-state index in [9.17, 15) is 9.90 Å². The molecule has 0 unspecified atom stereocenters. The van der Waals surface area contributed by atoms with Crippen LogP contribution < -0.4 is 5.32 Å². The number of pyridine rings is 1. The summed E-state index contributed by atoms with van der Waals surface area (Å²) in [5.74, 6) is -0.159. The maximum Gasteiger partial charge on any atom is 0.253 e. The summed E-state index contributed by atoms with van der Waals surface area (Å²) in [6.45, 7) is 5.80. The molecule has 0 aliphatic carbocycles. The van der Waals surface area contributed by atoms with Crippen LogP contribution in [-0.4, -0.2) is 47.1 Å². The number of rotatable bonds is 11. The molecule has 1 aliphatic heterocycles. The maximum atomic E-state index is 12.6. The second-order valence-corrected chi connectivity index (χ2v) is 10.6. The van der Waals surface area contributed by atoms with Gasteiger partial charge in [0.2, 0.25) is 0 Å². The second kappa shape index (κ2) is 14.2. The molecule has 1 fully saturated rings. The highest BCUT2D eigenvalue weighted by atomic mass is 16.7. The lowest BCUT2D eigenvalue weighted by Crippen LogP contribution is -2.37. The number of nitrogens with one attached hydrogen (secondary N) is 1. The fraction of sp³-hybridized carbons (Fsp3) is 0.257. The number of aliphatic hydroxyl groups excluding tert-OH is 1. The minimum atomic E-state index is -0.522. The summed E-state index contributed by atoms with van der Waals surface area (Å²) in [5, 5.41) is 12.5. The lowest BCUT2D eigenvalue weighted by molar-refractivity contribution is -0.252. The number of nitrogens with zero attached hydrogens (tertiary/aromatic N) is 2. The number of aromatic nitrogens is 1. The van der Waals surface area contributed by atoms with Crippen LogP contribution in [0.2, 0.25) is 0 Å². The molecule has 2 heterocycles. The van der Waals surface area contributed by atoms with Crippen molar-refractivity contribution in [3.05, 3.63) is 138 Å². The number of hydrogen-bond donors (Lipinski definition) is 2. The zero-order valence-electron chi connectivity index (χ0n) is 23.9. The van der Waals surface area contributed by atoms with E-state index in [1.54, 1.807) is 24.5 Å². The molecule has 5 rings (SSSR count). The van der Waals surface area contributed by atoms with Crippen LogP contribution in [0.4, 0.5) is 0 Å². The quantitative estimate of drug-likeness (QED) is 0.223. The summed E-state index contributed by atoms with van der Waals surface area (Å²) in [7, 11) is 2.06. The Morgan fingerprint density at radius 3 is 2.50 bits per heavy atom. The number of benzene rings is 3. The van der Waals surface area contributed by atoms with E-state index >= 15 is 0 Å². The summed E-state index contributed by atoms with van der Waals surface area (Å²) in [6, 6.07) is 27.7. The first-order valence-corrected chi connectivity index (χ1v) is 14.2. The summed E-state index contributed by atoms with van der Waals surface area (Å²) in [6.07, 6.45) is 5.14. The number of hydrogen-bond acceptors (Lipinski definition) is 6. The Bertz CT molecular complexity index is 1460. The standard InChI is InChI=1S/C35H37N3O4/c1-3-19-38(2)23-31-20-33(27-12-10-25(24-39)11-13-27)42-35(41-31)28-16-14-26(15-17-28)32-9-5-4-7-29(32)22-37-34(40)30-8-6-18-36-21-30/h3-18,21,31,33,35,39H,1,19-20,22-24H2,2H3,(H,37,40)/t31-,33+,35+/m0/s1. The number of aliphatic hydroxyl groups is 1. The monoisotopic (exact) mass is 563 g/mol. The van der Waals surface area contributed by atoms with Gasteiger partial charge in [-0.15, -0.1) is 6.58 Å². The topological polar surface area (TPSA) is 83.9 Å². The molecule has 0 radical (unpaired) electrons. The van der Waals surface area contributed by atoms with Gasteiger partial charge in [0.25, 0.3) is 5.91 Å². The van der Waals surface area contributed by atoms with E-state index in [1.165, 1.54) is 0 Å². The van der Waals surface area contributed by atoms with Gasteiger partial charge in [0, 0.05) is 44.0 Å². The van der Waals surface area contributed by atoms with E-state index in [-0.39, 0.29) is 24.7 Å². The zero-order chi connectivity index (χ0) is 29.3. The largest absolute Gasteiger partial charge is 0.392 e. The summed E-state index contributed by atoms with van der Waals surface area (Å²) in [4.78, 5) is 18.8. The van der Waals surface area contributed by atoms with Crippen molar-refractivity contribution in [2.75, 3.05) is 20.1 Å². The summed E-state index contributed by atoms with van der Waals surface area (Å²) >= 11 is 0. The Balaban J connectivity index is 1.33. The first kappa shape index (κ1) is 29.4. The second-order valence-electron chi connectivity index (χ2n) is 10.6. The SMILES string of the molecule is C=CCN(C)C[C@@H]1C[C@H](c2ccc(CO)cc2)O[C@H](c2ccc(-c3ccccc3CNC(=O)c3cccnc3)cc2)O1. The highest BCUT2D eigenvalue weighted by Gasteiger charge is 2.32. The maximum absolute atomic E-state index is 12.6. The van der Waals surface area contributed by atoms with Crippen molar-refractivity contribution in [1.82, 2.24) is 15.2 Å². The Morgan fingerprint density at radius 1 is 1.02 bits per heavy atom. The molecule has 1 aliphatic rings. The molecule has 0 saturated carbocycles. The van der Waals surface area contributed by atoms with Gasteiger partial charge in [0.05, 0.1) is 24.4 Å². The van der Waals surface area contributed by atoms with E-state index in [1.807, 2.05) is 60.7 Å². The minimum Gasteiger partial charge on any atom is -0.392 e. The number of amides is 1. The Hall–Kier alpha value is -4.14. The van der Waals surface area contributed by atoms with Crippen molar-refractivity contribution in [3.8, 4) is 11.1 Å². The van der Waals surface area contributed by atoms with Crippen molar-refractivity contribution in [1.29, 1.82) is 0 Å². The first-order chi connectivity index (χ1) is 20.5. The molecule has 216 valence electrons. The van der Waals surface area contributed by atoms with E-state index < -0.39 is 6.29 Å². The van der Waals surface area contributed by atoms with Crippen LogP contribution in [0.3, 0.4) is 0 Å². The lowest BCUT2D eigenvalue weighted by Gasteiger charge is -2.37. The third kappa shape index (κ3) is 7.38. The van der Waals surface area contributed by atoms with Crippen LogP contribution in [0.5, 0.6) is 0 Å². The van der Waals surface area contributed by atoms with Gasteiger partial charge in [-0.3, -0.25) is 9.78 Å². The van der Waals surface area contributed by atoms with Gasteiger partial charge in [-0.25, -0.2) is 0 Å². The number of carbonyl (C=O) groups excluding carboxylic acids is 1. The number of likely N-dealkylation sites (N-methyl/N-ethyl adjacent to an activating group) is 1. The normalized spacial score (nSPS) is 18.5. The van der Waals surface area contributed by atoms with Gasteiger partial charge < -0.3 is 24.8 Å². The van der Waals surface area contributed by atoms with Crippen molar-refractivity contribution < 1.29 is 19.4 Å². The third-order valence-corrected chi connectivity index (χ3v) is 7.45. The molecule has 7 nitrogen and oxygen atoms in total. The highest BCUT2D eigenvalue weighted by molar-refractivity contribution is 5.93. The highest BCUT2D eigenvalue weighted by Crippen LogP contribution is 2.38. The van der Waals surface area contributed by atoms with Crippen LogP contribution in [0.15, 0.2) is 110 Å². The molecular formula is C35H37N3O4. The molecule has 0 spiro atoms. The molecule has 0 bridgehead atoms. The lowest BCUT2D eigenvalue weighted by atomic mass is 9.97. The molecular weight excluding hydrogens is 526 g/mol. The van der Waals surface area contributed by atoms with Crippen LogP contribution in [0.25, 0.3) is 11.1 Å². The van der Waals surface area contributed by atoms with Crippen LogP contribution in [0.1, 0.15) is 51.4 Å². The molecule has 1 saturated heterocycles. The predicted octanol–water partition coefficient (Wildman–Crippen LogP) is 5.83. The molecule has 1 amide bonds. The number of carbonyl (C=O) groups is 1. The minimum absolute atomic E-state index is 0.0128. The first-order valence-electron chi connectivity index (χ1n) is 14.2. The van der Waals surface area contributed by atoms with E-state index in [0.29, 0.717) is 12.1 Å². The van der Waals surface area contributed by atoms with E-state index in [0.717, 1.165) is 52.9 Å². The van der Waals surface area contributed by atoms with Crippen LogP contribution >= 0.6 is 0 Å². The predicted molar refractivity (Wildman–Crippen MR) is 163 cm³/mol. The molecule has 42 heavy (non-hydrogen) atoms. The van der Waals surface area contributed by atoms with Crippen LogP contribution in [-0.2, 0) is 22.6 Å². The van der Waals surface area contributed by atoms with Gasteiger partial charge in [0.1, 0.15) is 0 Å². The van der Waals surface area contributed by atoms with Crippen molar-refractivity contribution in [3.63, 3.8) is 0 Å². The molecule has 2 N–H and O–H groups in total. The molecule has 3 atom stereocenters. The van der Waals surface area contributed by atoms with Gasteiger partial charge in [-0.1, -0.05) is 78.9 Å². The molecule has 1 aromatic heterocycles. The van der Waals surface area contributed by atoms with Crippen molar-refractivity contribution >= 4 is 5.91 Å². The summed E-state index contributed by atoms with van der Waals surface area (Å²) < 4.78 is 13.0. The van der Waals surface area contributed by atoms with Crippen molar-refractivity contribution in [2.45, 2.75) is 38.1 Å². The average Bonchev–Trinajstić information content (AvgIpc) is 3.04. The Morgan fingerprint density at radius 2 is 1.79 bits per heavy atom. The van der Waals surface area contributed by atoms with Gasteiger partial charge in [0.15, 0.2) is 6.29 Å². The Labute approximate surface area is 247 Å². The fourth-order valence-corrected chi connectivity index (χ4v) is 5.23. The van der Waals surface area contributed by atoms with Gasteiger partial charge >= 0.3 is 0 Å². The van der Waals surface area contributed by atoms with E-state index in [2.05, 4.69) is 47.0 Å². The summed E-state index contributed by atoms with van der Waals surface area (Å²) in [5.41, 5.74) is 6.51. The fourth-order valence-electron chi connectivity index (χ4n) is 5.23. The molecule has 3 aromatic carbocycles. The molecule has 4 aromatic rings. The zero-order valence-corrected chi connectivity index (χ0v) is 23.9. The average molecular weight is 564 g/mol. The van der Waals surface area contributed by atoms with E-state index in [4.69, 9.17) is 9.47 Å². The van der Waals surface area contributed by atoms with Gasteiger partial charge in [-0.05, 0) is 47.0 Å². The van der Waals surface area contributed by atoms with Crippen molar-refractivity contribution in [2.24, 2.45) is 0 Å². The number of ether oxygens (including phenoxy) is 2. The van der Waals surface area contributed by atoms with Crippen LogP contribution in [0, 0.1) is 0 Å². The smallest absolute Gasteiger partial charge is 0.253 e. The third-order valence-electron chi connectivity index (χ3n) is 7.45.